The lowest BCUT2D eigenvalue weighted by atomic mass is 10.3. The summed E-state index contributed by atoms with van der Waals surface area (Å²) in [7, 11) is 0. The smallest absolute Gasteiger partial charge is 0.271 e. The van der Waals surface area contributed by atoms with Crippen LogP contribution in [0.1, 0.15) is 26.7 Å². The zero-order valence-corrected chi connectivity index (χ0v) is 7.21. The van der Waals surface area contributed by atoms with Crippen LogP contribution in [-0.2, 0) is 14.2 Å². The lowest BCUT2D eigenvalue weighted by Gasteiger charge is -2.27. The van der Waals surface area contributed by atoms with Crippen LogP contribution in [0.2, 0.25) is 0 Å². The predicted molar refractivity (Wildman–Crippen MR) is 41.1 cm³/mol. The van der Waals surface area contributed by atoms with Crippen molar-refractivity contribution in [1.82, 2.24) is 0 Å². The maximum absolute atomic E-state index is 5.34. The van der Waals surface area contributed by atoms with Crippen LogP contribution in [0.5, 0.6) is 0 Å². The summed E-state index contributed by atoms with van der Waals surface area (Å²) in [6.45, 7) is 5.13. The molecule has 0 N–H and O–H groups in total. The molecule has 0 amide bonds. The molecule has 66 valence electrons. The Labute approximate surface area is 67.6 Å². The molecule has 1 rings (SSSR count). The Balaban J connectivity index is 2.12. The zero-order valence-electron chi connectivity index (χ0n) is 7.21. The topological polar surface area (TPSA) is 27.7 Å². The summed E-state index contributed by atoms with van der Waals surface area (Å²) >= 11 is 0. The van der Waals surface area contributed by atoms with Gasteiger partial charge in [-0.3, -0.25) is 0 Å². The van der Waals surface area contributed by atoms with Gasteiger partial charge in [0.05, 0.1) is 19.3 Å². The molecule has 3 heteroatoms. The molecule has 0 aliphatic carbocycles. The second-order valence-corrected chi connectivity index (χ2v) is 2.77. The maximum Gasteiger partial charge on any atom is 0.271 e. The van der Waals surface area contributed by atoms with Crippen molar-refractivity contribution >= 4 is 0 Å². The fraction of sp³-hybridized carbons (Fsp3) is 1.00. The third kappa shape index (κ3) is 3.18. The molecule has 0 bridgehead atoms. The Hall–Kier alpha value is -0.120. The molecular formula is C8H16O3. The van der Waals surface area contributed by atoms with Crippen molar-refractivity contribution in [3.8, 4) is 0 Å². The van der Waals surface area contributed by atoms with Crippen LogP contribution in [0.3, 0.4) is 0 Å². The van der Waals surface area contributed by atoms with E-state index in [9.17, 15) is 0 Å². The van der Waals surface area contributed by atoms with E-state index in [4.69, 9.17) is 14.2 Å². The maximum atomic E-state index is 5.34. The Morgan fingerprint density at radius 2 is 2.36 bits per heavy atom. The Morgan fingerprint density at radius 1 is 1.55 bits per heavy atom. The number of hydrogen-bond acceptors (Lipinski definition) is 3. The average Bonchev–Trinajstić information content (AvgIpc) is 2.01. The summed E-state index contributed by atoms with van der Waals surface area (Å²) in [5.41, 5.74) is 0. The van der Waals surface area contributed by atoms with Gasteiger partial charge in [-0.25, -0.2) is 0 Å². The van der Waals surface area contributed by atoms with E-state index in [1.54, 1.807) is 0 Å². The van der Waals surface area contributed by atoms with Crippen molar-refractivity contribution in [2.24, 2.45) is 0 Å². The fourth-order valence-corrected chi connectivity index (χ4v) is 0.929. The molecule has 3 nitrogen and oxygen atoms in total. The Morgan fingerprint density at radius 3 is 3.00 bits per heavy atom. The first-order chi connectivity index (χ1) is 5.33. The van der Waals surface area contributed by atoms with Crippen molar-refractivity contribution < 1.29 is 14.2 Å². The van der Waals surface area contributed by atoms with E-state index in [1.165, 1.54) is 0 Å². The Bertz CT molecular complexity index is 106. The first-order valence-electron chi connectivity index (χ1n) is 4.21. The highest BCUT2D eigenvalue weighted by Crippen LogP contribution is 2.12. The third-order valence-electron chi connectivity index (χ3n) is 1.58. The lowest BCUT2D eigenvalue weighted by molar-refractivity contribution is -0.327. The summed E-state index contributed by atoms with van der Waals surface area (Å²) in [5.74, 6) is 0. The Kier molecular flexibility index (Phi) is 3.83. The summed E-state index contributed by atoms with van der Waals surface area (Å²) in [5, 5.41) is 0. The van der Waals surface area contributed by atoms with Gasteiger partial charge < -0.3 is 14.2 Å². The summed E-state index contributed by atoms with van der Waals surface area (Å²) in [6, 6.07) is 0. The second kappa shape index (κ2) is 4.70. The van der Waals surface area contributed by atoms with Crippen LogP contribution in [0.25, 0.3) is 0 Å². The van der Waals surface area contributed by atoms with Crippen LogP contribution >= 0.6 is 0 Å². The highest BCUT2D eigenvalue weighted by atomic mass is 16.8. The van der Waals surface area contributed by atoms with E-state index >= 15 is 0 Å². The van der Waals surface area contributed by atoms with Crippen LogP contribution in [0, 0.1) is 0 Å². The van der Waals surface area contributed by atoms with Crippen molar-refractivity contribution in [2.45, 2.75) is 39.3 Å². The fourth-order valence-electron chi connectivity index (χ4n) is 0.929. The van der Waals surface area contributed by atoms with Gasteiger partial charge in [-0.2, -0.15) is 0 Å². The number of rotatable bonds is 3. The molecule has 0 radical (unpaired) electrons. The SMILES string of the molecule is CCCO[C@@H]1OCC[C@@H](C)O1. The van der Waals surface area contributed by atoms with Gasteiger partial charge in [0.25, 0.3) is 6.48 Å². The van der Waals surface area contributed by atoms with Crippen LogP contribution in [-0.4, -0.2) is 25.8 Å². The molecule has 1 saturated heterocycles. The van der Waals surface area contributed by atoms with Crippen LogP contribution in [0.4, 0.5) is 0 Å². The van der Waals surface area contributed by atoms with E-state index in [1.807, 2.05) is 6.92 Å². The highest BCUT2D eigenvalue weighted by Gasteiger charge is 2.19. The second-order valence-electron chi connectivity index (χ2n) is 2.77. The number of ether oxygens (including phenoxy) is 3. The first-order valence-corrected chi connectivity index (χ1v) is 4.21. The van der Waals surface area contributed by atoms with Crippen molar-refractivity contribution in [3.05, 3.63) is 0 Å². The lowest BCUT2D eigenvalue weighted by Crippen LogP contribution is -2.32. The standard InChI is InChI=1S/C8H16O3/c1-3-5-9-8-10-6-4-7(2)11-8/h7-8H,3-6H2,1-2H3/t7-,8-/m1/s1. The minimum Gasteiger partial charge on any atom is -0.330 e. The molecule has 1 heterocycles. The first kappa shape index (κ1) is 8.97. The monoisotopic (exact) mass is 160 g/mol. The summed E-state index contributed by atoms with van der Waals surface area (Å²) in [6.07, 6.45) is 2.23. The third-order valence-corrected chi connectivity index (χ3v) is 1.58. The van der Waals surface area contributed by atoms with Crippen molar-refractivity contribution in [3.63, 3.8) is 0 Å². The molecule has 0 aromatic heterocycles. The normalized spacial score (nSPS) is 32.2. The molecule has 1 aliphatic heterocycles. The largest absolute Gasteiger partial charge is 0.330 e. The predicted octanol–water partition coefficient (Wildman–Crippen LogP) is 1.52. The van der Waals surface area contributed by atoms with Gasteiger partial charge in [0.1, 0.15) is 0 Å². The van der Waals surface area contributed by atoms with Gasteiger partial charge in [-0.1, -0.05) is 6.92 Å². The van der Waals surface area contributed by atoms with E-state index in [2.05, 4.69) is 6.92 Å². The summed E-state index contributed by atoms with van der Waals surface area (Å²) in [4.78, 5) is 0. The average molecular weight is 160 g/mol. The molecular weight excluding hydrogens is 144 g/mol. The van der Waals surface area contributed by atoms with Gasteiger partial charge in [0.2, 0.25) is 0 Å². The molecule has 0 aromatic rings. The van der Waals surface area contributed by atoms with E-state index < -0.39 is 6.48 Å². The quantitative estimate of drug-likeness (QED) is 0.626. The van der Waals surface area contributed by atoms with E-state index in [-0.39, 0.29) is 6.10 Å². The minimum atomic E-state index is -0.418. The van der Waals surface area contributed by atoms with Gasteiger partial charge in [0, 0.05) is 0 Å². The van der Waals surface area contributed by atoms with E-state index in [0.717, 1.165) is 19.4 Å². The summed E-state index contributed by atoms with van der Waals surface area (Å²) < 4.78 is 15.8. The number of hydrogen-bond donors (Lipinski definition) is 0. The van der Waals surface area contributed by atoms with Crippen molar-refractivity contribution in [1.29, 1.82) is 0 Å². The van der Waals surface area contributed by atoms with Crippen LogP contribution in [0.15, 0.2) is 0 Å². The van der Waals surface area contributed by atoms with Crippen molar-refractivity contribution in [2.75, 3.05) is 13.2 Å². The molecule has 0 unspecified atom stereocenters. The van der Waals surface area contributed by atoms with Gasteiger partial charge >= 0.3 is 0 Å². The van der Waals surface area contributed by atoms with E-state index in [0.29, 0.717) is 6.61 Å². The molecule has 0 aromatic carbocycles. The van der Waals surface area contributed by atoms with Gasteiger partial charge in [-0.15, -0.1) is 0 Å². The molecule has 0 spiro atoms. The van der Waals surface area contributed by atoms with Gasteiger partial charge in [0.15, 0.2) is 0 Å². The minimum absolute atomic E-state index is 0.269. The zero-order chi connectivity index (χ0) is 8.10. The van der Waals surface area contributed by atoms with Crippen LogP contribution < -0.4 is 0 Å². The molecule has 2 atom stereocenters. The molecule has 1 fully saturated rings. The molecule has 1 aliphatic rings. The molecule has 11 heavy (non-hydrogen) atoms. The molecule has 0 saturated carbocycles. The van der Waals surface area contributed by atoms with Gasteiger partial charge in [-0.05, 0) is 19.8 Å². The highest BCUT2D eigenvalue weighted by molar-refractivity contribution is 4.53.